The summed E-state index contributed by atoms with van der Waals surface area (Å²) in [5, 5.41) is 8.97. The van der Waals surface area contributed by atoms with Gasteiger partial charge in [-0.25, -0.2) is 4.79 Å². The minimum absolute atomic E-state index is 0.377. The predicted octanol–water partition coefficient (Wildman–Crippen LogP) is 2.54. The van der Waals surface area contributed by atoms with Crippen molar-refractivity contribution in [2.75, 3.05) is 13.1 Å². The molecule has 1 rings (SSSR count). The number of carboxylic acid groups (broad SMARTS) is 1. The van der Waals surface area contributed by atoms with E-state index in [-0.39, 0.29) is 0 Å². The van der Waals surface area contributed by atoms with E-state index in [2.05, 4.69) is 18.7 Å². The van der Waals surface area contributed by atoms with Gasteiger partial charge in [0, 0.05) is 6.54 Å². The molecule has 0 saturated heterocycles. The SMILES string of the molecule is CCN(CC)Cc1cc(C)cc(C(=O)O)c1. The maximum atomic E-state index is 10.9. The molecule has 0 unspecified atom stereocenters. The third kappa shape index (κ3) is 3.35. The van der Waals surface area contributed by atoms with Gasteiger partial charge >= 0.3 is 5.97 Å². The van der Waals surface area contributed by atoms with Gasteiger partial charge in [0.05, 0.1) is 5.56 Å². The Hall–Kier alpha value is -1.35. The van der Waals surface area contributed by atoms with Crippen LogP contribution in [0, 0.1) is 6.92 Å². The van der Waals surface area contributed by atoms with Crippen molar-refractivity contribution in [3.63, 3.8) is 0 Å². The molecule has 0 atom stereocenters. The molecule has 0 heterocycles. The average Bonchev–Trinajstić information content (AvgIpc) is 2.25. The molecule has 0 saturated carbocycles. The third-order valence-corrected chi connectivity index (χ3v) is 2.68. The highest BCUT2D eigenvalue weighted by Crippen LogP contribution is 2.12. The van der Waals surface area contributed by atoms with Gasteiger partial charge in [0.15, 0.2) is 0 Å². The van der Waals surface area contributed by atoms with Crippen molar-refractivity contribution < 1.29 is 9.90 Å². The fourth-order valence-corrected chi connectivity index (χ4v) is 1.78. The van der Waals surface area contributed by atoms with E-state index in [1.54, 1.807) is 12.1 Å². The van der Waals surface area contributed by atoms with Crippen LogP contribution in [0.15, 0.2) is 18.2 Å². The minimum Gasteiger partial charge on any atom is -0.478 e. The van der Waals surface area contributed by atoms with Crippen LogP contribution in [0.2, 0.25) is 0 Å². The maximum absolute atomic E-state index is 10.9. The molecule has 0 aromatic heterocycles. The van der Waals surface area contributed by atoms with Crippen molar-refractivity contribution in [3.8, 4) is 0 Å². The summed E-state index contributed by atoms with van der Waals surface area (Å²) in [5.41, 5.74) is 2.45. The zero-order valence-electron chi connectivity index (χ0n) is 10.2. The Morgan fingerprint density at radius 1 is 1.25 bits per heavy atom. The summed E-state index contributed by atoms with van der Waals surface area (Å²) in [6, 6.07) is 5.51. The maximum Gasteiger partial charge on any atom is 0.335 e. The highest BCUT2D eigenvalue weighted by Gasteiger charge is 2.07. The largest absolute Gasteiger partial charge is 0.478 e. The molecule has 0 radical (unpaired) electrons. The monoisotopic (exact) mass is 221 g/mol. The molecule has 0 bridgehead atoms. The number of carbonyl (C=O) groups is 1. The van der Waals surface area contributed by atoms with Crippen LogP contribution in [0.3, 0.4) is 0 Å². The number of rotatable bonds is 5. The number of nitrogens with zero attached hydrogens (tertiary/aromatic N) is 1. The second-order valence-electron chi connectivity index (χ2n) is 3.97. The molecule has 3 nitrogen and oxygen atoms in total. The lowest BCUT2D eigenvalue weighted by atomic mass is 10.1. The zero-order chi connectivity index (χ0) is 12.1. The van der Waals surface area contributed by atoms with Gasteiger partial charge in [-0.05, 0) is 43.3 Å². The Bertz CT molecular complexity index is 370. The molecule has 0 aliphatic rings. The van der Waals surface area contributed by atoms with E-state index >= 15 is 0 Å². The standard InChI is InChI=1S/C13H19NO2/c1-4-14(5-2)9-11-6-10(3)7-12(8-11)13(15)16/h6-8H,4-5,9H2,1-3H3,(H,15,16). The molecule has 0 fully saturated rings. The first-order chi connectivity index (χ1) is 7.56. The van der Waals surface area contributed by atoms with Crippen molar-refractivity contribution in [2.24, 2.45) is 0 Å². The quantitative estimate of drug-likeness (QED) is 0.830. The Kier molecular flexibility index (Phi) is 4.50. The Morgan fingerprint density at radius 2 is 1.88 bits per heavy atom. The van der Waals surface area contributed by atoms with Gasteiger partial charge in [-0.3, -0.25) is 4.90 Å². The van der Waals surface area contributed by atoms with Crippen LogP contribution in [0.25, 0.3) is 0 Å². The Labute approximate surface area is 96.7 Å². The predicted molar refractivity (Wildman–Crippen MR) is 64.8 cm³/mol. The topological polar surface area (TPSA) is 40.5 Å². The summed E-state index contributed by atoms with van der Waals surface area (Å²) in [4.78, 5) is 13.2. The molecule has 0 aliphatic carbocycles. The first kappa shape index (κ1) is 12.7. The van der Waals surface area contributed by atoms with E-state index < -0.39 is 5.97 Å². The minimum atomic E-state index is -0.857. The van der Waals surface area contributed by atoms with E-state index in [0.29, 0.717) is 5.56 Å². The number of carboxylic acids is 1. The Morgan fingerprint density at radius 3 is 2.38 bits per heavy atom. The van der Waals surface area contributed by atoms with Gasteiger partial charge in [-0.2, -0.15) is 0 Å². The number of hydrogen-bond acceptors (Lipinski definition) is 2. The van der Waals surface area contributed by atoms with Crippen LogP contribution < -0.4 is 0 Å². The van der Waals surface area contributed by atoms with E-state index in [9.17, 15) is 4.79 Å². The van der Waals surface area contributed by atoms with E-state index in [4.69, 9.17) is 5.11 Å². The molecule has 0 amide bonds. The number of aromatic carboxylic acids is 1. The van der Waals surface area contributed by atoms with Crippen LogP contribution in [-0.4, -0.2) is 29.1 Å². The highest BCUT2D eigenvalue weighted by molar-refractivity contribution is 5.88. The van der Waals surface area contributed by atoms with E-state index in [1.165, 1.54) is 0 Å². The van der Waals surface area contributed by atoms with E-state index in [0.717, 1.165) is 30.8 Å². The highest BCUT2D eigenvalue weighted by atomic mass is 16.4. The summed E-state index contributed by atoms with van der Waals surface area (Å²) in [5.74, 6) is -0.857. The Balaban J connectivity index is 2.91. The van der Waals surface area contributed by atoms with Crippen molar-refractivity contribution in [1.82, 2.24) is 4.90 Å². The summed E-state index contributed by atoms with van der Waals surface area (Å²) in [7, 11) is 0. The van der Waals surface area contributed by atoms with Crippen LogP contribution in [0.4, 0.5) is 0 Å². The molecule has 88 valence electrons. The van der Waals surface area contributed by atoms with Gasteiger partial charge in [0.1, 0.15) is 0 Å². The fraction of sp³-hybridized carbons (Fsp3) is 0.462. The van der Waals surface area contributed by atoms with Crippen molar-refractivity contribution in [2.45, 2.75) is 27.3 Å². The lowest BCUT2D eigenvalue weighted by molar-refractivity contribution is 0.0696. The number of hydrogen-bond donors (Lipinski definition) is 1. The number of aryl methyl sites for hydroxylation is 1. The molecular weight excluding hydrogens is 202 g/mol. The zero-order valence-corrected chi connectivity index (χ0v) is 10.2. The molecule has 16 heavy (non-hydrogen) atoms. The first-order valence-corrected chi connectivity index (χ1v) is 5.63. The molecular formula is C13H19NO2. The lowest BCUT2D eigenvalue weighted by Gasteiger charge is -2.18. The van der Waals surface area contributed by atoms with Crippen LogP contribution >= 0.6 is 0 Å². The van der Waals surface area contributed by atoms with Crippen LogP contribution in [0.5, 0.6) is 0 Å². The van der Waals surface area contributed by atoms with Gasteiger partial charge in [-0.15, -0.1) is 0 Å². The number of benzene rings is 1. The van der Waals surface area contributed by atoms with Gasteiger partial charge < -0.3 is 5.11 Å². The second-order valence-corrected chi connectivity index (χ2v) is 3.97. The summed E-state index contributed by atoms with van der Waals surface area (Å²) >= 11 is 0. The van der Waals surface area contributed by atoms with Crippen LogP contribution in [0.1, 0.15) is 35.3 Å². The summed E-state index contributed by atoms with van der Waals surface area (Å²) in [6.07, 6.45) is 0. The van der Waals surface area contributed by atoms with Gasteiger partial charge in [0.2, 0.25) is 0 Å². The molecule has 0 aliphatic heterocycles. The summed E-state index contributed by atoms with van der Waals surface area (Å²) in [6.45, 7) is 8.92. The van der Waals surface area contributed by atoms with Crippen molar-refractivity contribution >= 4 is 5.97 Å². The second kappa shape index (κ2) is 5.66. The molecule has 0 spiro atoms. The fourth-order valence-electron chi connectivity index (χ4n) is 1.78. The average molecular weight is 221 g/mol. The molecule has 3 heteroatoms. The van der Waals surface area contributed by atoms with Crippen LogP contribution in [-0.2, 0) is 6.54 Å². The van der Waals surface area contributed by atoms with Crippen molar-refractivity contribution in [1.29, 1.82) is 0 Å². The smallest absolute Gasteiger partial charge is 0.335 e. The molecule has 1 N–H and O–H groups in total. The third-order valence-electron chi connectivity index (χ3n) is 2.68. The normalized spacial score (nSPS) is 10.8. The molecule has 1 aromatic rings. The van der Waals surface area contributed by atoms with Gasteiger partial charge in [0.25, 0.3) is 0 Å². The first-order valence-electron chi connectivity index (χ1n) is 5.63. The van der Waals surface area contributed by atoms with E-state index in [1.807, 2.05) is 13.0 Å². The summed E-state index contributed by atoms with van der Waals surface area (Å²) < 4.78 is 0. The van der Waals surface area contributed by atoms with Gasteiger partial charge in [-0.1, -0.05) is 19.9 Å². The van der Waals surface area contributed by atoms with Crippen molar-refractivity contribution in [3.05, 3.63) is 34.9 Å². The lowest BCUT2D eigenvalue weighted by Crippen LogP contribution is -2.22. The molecule has 1 aromatic carbocycles.